The van der Waals surface area contributed by atoms with E-state index in [2.05, 4.69) is 5.32 Å². The summed E-state index contributed by atoms with van der Waals surface area (Å²) in [6.07, 6.45) is 0. The highest BCUT2D eigenvalue weighted by Crippen LogP contribution is 2.29. The fraction of sp³-hybridized carbons (Fsp3) is 0.300. The molecule has 2 aromatic rings. The molecule has 1 atom stereocenters. The third kappa shape index (κ3) is 4.77. The van der Waals surface area contributed by atoms with E-state index in [1.54, 1.807) is 48.3 Å². The molecule has 2 aromatic carbocycles. The van der Waals surface area contributed by atoms with Crippen molar-refractivity contribution in [2.75, 3.05) is 12.4 Å². The average Bonchev–Trinajstić information content (AvgIpc) is 2.60. The second kappa shape index (κ2) is 8.56. The molecule has 0 aliphatic heterocycles. The van der Waals surface area contributed by atoms with Gasteiger partial charge >= 0.3 is 0 Å². The summed E-state index contributed by atoms with van der Waals surface area (Å²) in [6, 6.07) is 11.9. The molecule has 0 radical (unpaired) electrons. The number of anilines is 1. The van der Waals surface area contributed by atoms with E-state index in [4.69, 9.17) is 23.2 Å². The Labute approximate surface area is 164 Å². The fourth-order valence-electron chi connectivity index (χ4n) is 2.41. The predicted molar refractivity (Wildman–Crippen MR) is 107 cm³/mol. The van der Waals surface area contributed by atoms with Crippen molar-refractivity contribution in [1.82, 2.24) is 4.90 Å². The van der Waals surface area contributed by atoms with E-state index in [0.717, 1.165) is 5.56 Å². The molecule has 0 heterocycles. The van der Waals surface area contributed by atoms with Gasteiger partial charge in [0, 0.05) is 34.3 Å². The van der Waals surface area contributed by atoms with Gasteiger partial charge in [-0.25, -0.2) is 0 Å². The molecule has 1 unspecified atom stereocenters. The Hall–Kier alpha value is -2.04. The van der Waals surface area contributed by atoms with Gasteiger partial charge in [-0.1, -0.05) is 43.1 Å². The van der Waals surface area contributed by atoms with Crippen LogP contribution in [0, 0.1) is 5.92 Å². The lowest BCUT2D eigenvalue weighted by molar-refractivity contribution is -0.118. The van der Waals surface area contributed by atoms with Gasteiger partial charge in [0.15, 0.2) is 0 Å². The lowest BCUT2D eigenvalue weighted by Crippen LogP contribution is -2.29. The van der Waals surface area contributed by atoms with Crippen LogP contribution < -0.4 is 5.32 Å². The first-order valence-electron chi connectivity index (χ1n) is 8.33. The summed E-state index contributed by atoms with van der Waals surface area (Å²) in [5, 5.41) is 3.88. The Morgan fingerprint density at radius 3 is 2.15 bits per heavy atom. The minimum absolute atomic E-state index is 0.0628. The Balaban J connectivity index is 2.13. The van der Waals surface area contributed by atoms with Crippen molar-refractivity contribution in [2.45, 2.75) is 26.8 Å². The van der Waals surface area contributed by atoms with Crippen molar-refractivity contribution in [2.24, 2.45) is 5.92 Å². The predicted octanol–water partition coefficient (Wildman–Crippen LogP) is 5.42. The number of benzene rings is 2. The van der Waals surface area contributed by atoms with Crippen molar-refractivity contribution in [1.29, 1.82) is 0 Å². The average molecular weight is 393 g/mol. The van der Waals surface area contributed by atoms with E-state index in [-0.39, 0.29) is 23.8 Å². The third-order valence-electron chi connectivity index (χ3n) is 4.24. The van der Waals surface area contributed by atoms with Crippen LogP contribution in [0.1, 0.15) is 42.7 Å². The van der Waals surface area contributed by atoms with Gasteiger partial charge in [0.2, 0.25) is 5.91 Å². The van der Waals surface area contributed by atoms with E-state index < -0.39 is 0 Å². The molecule has 0 saturated heterocycles. The quantitative estimate of drug-likeness (QED) is 0.737. The van der Waals surface area contributed by atoms with Gasteiger partial charge in [0.1, 0.15) is 0 Å². The summed E-state index contributed by atoms with van der Waals surface area (Å²) in [4.78, 5) is 26.1. The largest absolute Gasteiger partial charge is 0.335 e. The highest BCUT2D eigenvalue weighted by atomic mass is 35.5. The monoisotopic (exact) mass is 392 g/mol. The number of hydrogen-bond donors (Lipinski definition) is 1. The lowest BCUT2D eigenvalue weighted by Gasteiger charge is -2.26. The van der Waals surface area contributed by atoms with Crippen LogP contribution in [0.2, 0.25) is 10.0 Å². The number of nitrogens with one attached hydrogen (secondary N) is 1. The minimum atomic E-state index is -0.215. The molecule has 0 aromatic heterocycles. The Morgan fingerprint density at radius 2 is 1.62 bits per heavy atom. The number of halogens is 2. The molecule has 6 heteroatoms. The van der Waals surface area contributed by atoms with Gasteiger partial charge in [-0.3, -0.25) is 9.59 Å². The Kier molecular flexibility index (Phi) is 6.68. The number of nitrogens with zero attached hydrogens (tertiary/aromatic N) is 1. The van der Waals surface area contributed by atoms with Crippen molar-refractivity contribution in [3.63, 3.8) is 0 Å². The van der Waals surface area contributed by atoms with Crippen LogP contribution in [0.15, 0.2) is 42.5 Å². The normalized spacial score (nSPS) is 12.0. The molecule has 0 aliphatic rings. The fourth-order valence-corrected chi connectivity index (χ4v) is 2.98. The molecule has 138 valence electrons. The molecular weight excluding hydrogens is 371 g/mol. The Morgan fingerprint density at radius 1 is 1.00 bits per heavy atom. The summed E-state index contributed by atoms with van der Waals surface area (Å²) in [5.74, 6) is -0.301. The number of carbonyl (C=O) groups is 2. The molecule has 0 spiro atoms. The first-order valence-corrected chi connectivity index (χ1v) is 9.09. The van der Waals surface area contributed by atoms with Gasteiger partial charge in [-0.2, -0.15) is 0 Å². The molecule has 0 aliphatic carbocycles. The summed E-state index contributed by atoms with van der Waals surface area (Å²) in [7, 11) is 1.73. The van der Waals surface area contributed by atoms with Crippen LogP contribution in [0.25, 0.3) is 0 Å². The second-order valence-corrected chi connectivity index (χ2v) is 7.32. The SMILES string of the molecule is CC(C)C(=O)Nc1ccc(C(=O)N(C)C(C)c2ccc(Cl)cc2Cl)cc1. The first kappa shape index (κ1) is 20.3. The molecule has 1 N–H and O–H groups in total. The van der Waals surface area contributed by atoms with Crippen molar-refractivity contribution >= 4 is 40.7 Å². The topological polar surface area (TPSA) is 49.4 Å². The van der Waals surface area contributed by atoms with Crippen LogP contribution in [0.4, 0.5) is 5.69 Å². The van der Waals surface area contributed by atoms with E-state index in [9.17, 15) is 9.59 Å². The van der Waals surface area contributed by atoms with Crippen molar-refractivity contribution in [3.8, 4) is 0 Å². The maximum absolute atomic E-state index is 12.7. The number of carbonyl (C=O) groups excluding carboxylic acids is 2. The smallest absolute Gasteiger partial charge is 0.254 e. The maximum Gasteiger partial charge on any atom is 0.254 e. The van der Waals surface area contributed by atoms with Gasteiger partial charge in [0.05, 0.1) is 6.04 Å². The molecule has 2 amide bonds. The van der Waals surface area contributed by atoms with E-state index in [1.807, 2.05) is 26.8 Å². The molecule has 0 bridgehead atoms. The van der Waals surface area contributed by atoms with Crippen molar-refractivity contribution < 1.29 is 9.59 Å². The lowest BCUT2D eigenvalue weighted by atomic mass is 10.1. The minimum Gasteiger partial charge on any atom is -0.335 e. The standard InChI is InChI=1S/C20H22Cl2N2O2/c1-12(2)19(25)23-16-8-5-14(6-9-16)20(26)24(4)13(3)17-10-7-15(21)11-18(17)22/h5-13H,1-4H3,(H,23,25). The number of amides is 2. The first-order chi connectivity index (χ1) is 12.2. The molecule has 0 saturated carbocycles. The zero-order valence-electron chi connectivity index (χ0n) is 15.2. The molecule has 26 heavy (non-hydrogen) atoms. The van der Waals surface area contributed by atoms with E-state index in [1.165, 1.54) is 0 Å². The summed E-state index contributed by atoms with van der Waals surface area (Å²) in [6.45, 7) is 5.56. The number of hydrogen-bond acceptors (Lipinski definition) is 2. The van der Waals surface area contributed by atoms with E-state index >= 15 is 0 Å². The number of rotatable bonds is 5. The summed E-state index contributed by atoms with van der Waals surface area (Å²) in [5.41, 5.74) is 2.02. The van der Waals surface area contributed by atoms with Crippen LogP contribution in [0.5, 0.6) is 0 Å². The van der Waals surface area contributed by atoms with Crippen LogP contribution in [-0.2, 0) is 4.79 Å². The highest BCUT2D eigenvalue weighted by Gasteiger charge is 2.21. The maximum atomic E-state index is 12.7. The molecule has 0 fully saturated rings. The van der Waals surface area contributed by atoms with Crippen molar-refractivity contribution in [3.05, 3.63) is 63.6 Å². The third-order valence-corrected chi connectivity index (χ3v) is 4.80. The van der Waals surface area contributed by atoms with E-state index in [0.29, 0.717) is 21.3 Å². The zero-order chi connectivity index (χ0) is 19.4. The summed E-state index contributed by atoms with van der Waals surface area (Å²) < 4.78 is 0. The molecular formula is C20H22Cl2N2O2. The molecule has 4 nitrogen and oxygen atoms in total. The summed E-state index contributed by atoms with van der Waals surface area (Å²) >= 11 is 12.2. The molecule has 2 rings (SSSR count). The van der Waals surface area contributed by atoms with Gasteiger partial charge < -0.3 is 10.2 Å². The van der Waals surface area contributed by atoms with Gasteiger partial charge in [-0.05, 0) is 48.9 Å². The van der Waals surface area contributed by atoms with Crippen LogP contribution in [0.3, 0.4) is 0 Å². The second-order valence-electron chi connectivity index (χ2n) is 6.48. The van der Waals surface area contributed by atoms with Gasteiger partial charge in [-0.15, -0.1) is 0 Å². The van der Waals surface area contributed by atoms with Gasteiger partial charge in [0.25, 0.3) is 5.91 Å². The van der Waals surface area contributed by atoms with Crippen LogP contribution >= 0.6 is 23.2 Å². The zero-order valence-corrected chi connectivity index (χ0v) is 16.7. The Bertz CT molecular complexity index is 804. The highest BCUT2D eigenvalue weighted by molar-refractivity contribution is 6.35. The van der Waals surface area contributed by atoms with Crippen LogP contribution in [-0.4, -0.2) is 23.8 Å².